The number of hydrogen-bond donors (Lipinski definition) is 2. The zero-order chi connectivity index (χ0) is 15.1. The van der Waals surface area contributed by atoms with Gasteiger partial charge in [-0.1, -0.05) is 12.1 Å². The number of rotatable bonds is 7. The Bertz CT molecular complexity index is 519. The molecule has 1 atom stereocenters. The van der Waals surface area contributed by atoms with E-state index in [0.29, 0.717) is 12.0 Å². The second-order valence-corrected chi connectivity index (χ2v) is 5.10. The van der Waals surface area contributed by atoms with Crippen molar-refractivity contribution in [3.8, 4) is 0 Å². The number of carbonyl (C=O) groups is 2. The maximum Gasteiger partial charge on any atom is 0.326 e. The molecular weight excluding hydrogens is 329 g/mol. The number of nitrogens with one attached hydrogen (secondary N) is 1. The van der Waals surface area contributed by atoms with Crippen LogP contribution in [-0.2, 0) is 16.0 Å². The molecule has 108 valence electrons. The highest BCUT2D eigenvalue weighted by molar-refractivity contribution is 9.10. The molecule has 0 saturated carbocycles. The highest BCUT2D eigenvalue weighted by Gasteiger charge is 2.19. The van der Waals surface area contributed by atoms with Gasteiger partial charge in [-0.15, -0.1) is 6.58 Å². The summed E-state index contributed by atoms with van der Waals surface area (Å²) in [5, 5.41) is 11.4. The van der Waals surface area contributed by atoms with E-state index in [1.54, 1.807) is 6.08 Å². The lowest BCUT2D eigenvalue weighted by molar-refractivity contribution is -0.141. The number of carbonyl (C=O) groups excluding carboxylic acids is 1. The molecule has 6 heteroatoms. The minimum atomic E-state index is -1.08. The Kier molecular flexibility index (Phi) is 6.38. The Hall–Kier alpha value is -1.69. The van der Waals surface area contributed by atoms with Crippen LogP contribution in [0.15, 0.2) is 35.3 Å². The van der Waals surface area contributed by atoms with Crippen LogP contribution in [0, 0.1) is 5.82 Å². The van der Waals surface area contributed by atoms with Crippen LogP contribution < -0.4 is 5.32 Å². The van der Waals surface area contributed by atoms with Gasteiger partial charge in [0.25, 0.3) is 0 Å². The van der Waals surface area contributed by atoms with Gasteiger partial charge in [0, 0.05) is 0 Å². The maximum absolute atomic E-state index is 13.1. The molecule has 1 aromatic rings. The molecule has 0 radical (unpaired) electrons. The van der Waals surface area contributed by atoms with Gasteiger partial charge in [0.2, 0.25) is 5.91 Å². The summed E-state index contributed by atoms with van der Waals surface area (Å²) in [6, 6.07) is 3.29. The first-order chi connectivity index (χ1) is 9.43. The third kappa shape index (κ3) is 5.13. The van der Waals surface area contributed by atoms with Gasteiger partial charge in [0.1, 0.15) is 11.9 Å². The molecule has 0 aliphatic rings. The monoisotopic (exact) mass is 343 g/mol. The second kappa shape index (κ2) is 7.79. The first kappa shape index (κ1) is 16.4. The number of allylic oxidation sites excluding steroid dienone is 1. The Balaban J connectivity index is 2.62. The number of hydrogen-bond acceptors (Lipinski definition) is 2. The van der Waals surface area contributed by atoms with E-state index in [9.17, 15) is 14.0 Å². The largest absolute Gasteiger partial charge is 0.480 e. The van der Waals surface area contributed by atoms with Gasteiger partial charge in [-0.25, -0.2) is 9.18 Å². The summed E-state index contributed by atoms with van der Waals surface area (Å²) in [6.45, 7) is 3.51. The first-order valence-corrected chi connectivity index (χ1v) is 6.80. The van der Waals surface area contributed by atoms with Gasteiger partial charge in [0.05, 0.1) is 10.9 Å². The predicted octanol–water partition coefficient (Wildman–Crippen LogP) is 2.67. The smallest absolute Gasteiger partial charge is 0.326 e. The van der Waals surface area contributed by atoms with Gasteiger partial charge in [-0.05, 0) is 46.5 Å². The topological polar surface area (TPSA) is 66.4 Å². The molecule has 4 nitrogen and oxygen atoms in total. The third-order valence-electron chi connectivity index (χ3n) is 2.64. The van der Waals surface area contributed by atoms with Crippen molar-refractivity contribution < 1.29 is 19.1 Å². The molecule has 1 aromatic carbocycles. The van der Waals surface area contributed by atoms with E-state index < -0.39 is 23.7 Å². The minimum absolute atomic E-state index is 0.00322. The summed E-state index contributed by atoms with van der Waals surface area (Å²) in [4.78, 5) is 22.8. The number of aliphatic carboxylic acids is 1. The molecule has 1 unspecified atom stereocenters. The van der Waals surface area contributed by atoms with E-state index in [2.05, 4.69) is 27.8 Å². The molecule has 0 aliphatic carbocycles. The standard InChI is InChI=1S/C14H15BrFNO3/c1-2-3-4-12(14(19)20)17-13(18)8-9-5-6-11(16)10(15)7-9/h2,5-7,12H,1,3-4,8H2,(H,17,18)(H,19,20). The van der Waals surface area contributed by atoms with Crippen LogP contribution in [0.4, 0.5) is 4.39 Å². The lowest BCUT2D eigenvalue weighted by Gasteiger charge is -2.13. The van der Waals surface area contributed by atoms with Crippen molar-refractivity contribution in [3.63, 3.8) is 0 Å². The normalized spacial score (nSPS) is 11.7. The zero-order valence-electron chi connectivity index (χ0n) is 10.7. The van der Waals surface area contributed by atoms with Crippen LogP contribution in [0.1, 0.15) is 18.4 Å². The molecule has 0 heterocycles. The Morgan fingerprint density at radius 1 is 1.50 bits per heavy atom. The summed E-state index contributed by atoms with van der Waals surface area (Å²) < 4.78 is 13.3. The van der Waals surface area contributed by atoms with Crippen LogP contribution in [0.5, 0.6) is 0 Å². The SMILES string of the molecule is C=CCCC(NC(=O)Cc1ccc(F)c(Br)c1)C(=O)O. The quantitative estimate of drug-likeness (QED) is 0.748. The molecule has 0 aromatic heterocycles. The fourth-order valence-electron chi connectivity index (χ4n) is 1.62. The lowest BCUT2D eigenvalue weighted by atomic mass is 10.1. The predicted molar refractivity (Wildman–Crippen MR) is 76.8 cm³/mol. The van der Waals surface area contributed by atoms with Crippen LogP contribution in [0.25, 0.3) is 0 Å². The fraction of sp³-hybridized carbons (Fsp3) is 0.286. The first-order valence-electron chi connectivity index (χ1n) is 6.01. The highest BCUT2D eigenvalue weighted by atomic mass is 79.9. The summed E-state index contributed by atoms with van der Waals surface area (Å²) in [7, 11) is 0. The van der Waals surface area contributed by atoms with Crippen molar-refractivity contribution in [2.75, 3.05) is 0 Å². The number of carboxylic acids is 1. The van der Waals surface area contributed by atoms with Crippen LogP contribution in [0.2, 0.25) is 0 Å². The minimum Gasteiger partial charge on any atom is -0.480 e. The van der Waals surface area contributed by atoms with Crippen molar-refractivity contribution in [2.24, 2.45) is 0 Å². The van der Waals surface area contributed by atoms with Crippen LogP contribution >= 0.6 is 15.9 Å². The number of halogens is 2. The molecule has 0 bridgehead atoms. The van der Waals surface area contributed by atoms with Crippen molar-refractivity contribution in [1.29, 1.82) is 0 Å². The highest BCUT2D eigenvalue weighted by Crippen LogP contribution is 2.17. The van der Waals surface area contributed by atoms with Crippen molar-refractivity contribution in [1.82, 2.24) is 5.32 Å². The lowest BCUT2D eigenvalue weighted by Crippen LogP contribution is -2.41. The molecule has 20 heavy (non-hydrogen) atoms. The van der Waals surface area contributed by atoms with Gasteiger partial charge < -0.3 is 10.4 Å². The summed E-state index contributed by atoms with van der Waals surface area (Å²) >= 11 is 3.03. The number of benzene rings is 1. The van der Waals surface area contributed by atoms with Crippen LogP contribution in [0.3, 0.4) is 0 Å². The van der Waals surface area contributed by atoms with E-state index in [1.165, 1.54) is 18.2 Å². The molecule has 2 N–H and O–H groups in total. The Morgan fingerprint density at radius 2 is 2.20 bits per heavy atom. The average molecular weight is 344 g/mol. The van der Waals surface area contributed by atoms with E-state index in [4.69, 9.17) is 5.11 Å². The van der Waals surface area contributed by atoms with Crippen molar-refractivity contribution in [3.05, 3.63) is 46.7 Å². The van der Waals surface area contributed by atoms with Crippen molar-refractivity contribution in [2.45, 2.75) is 25.3 Å². The average Bonchev–Trinajstić information content (AvgIpc) is 2.38. The fourth-order valence-corrected chi connectivity index (χ4v) is 2.05. The second-order valence-electron chi connectivity index (χ2n) is 4.25. The van der Waals surface area contributed by atoms with Gasteiger partial charge >= 0.3 is 5.97 Å². The molecular formula is C14H15BrFNO3. The maximum atomic E-state index is 13.1. The summed E-state index contributed by atoms with van der Waals surface area (Å²) in [5.41, 5.74) is 0.601. The van der Waals surface area contributed by atoms with E-state index in [-0.39, 0.29) is 17.3 Å². The summed E-state index contributed by atoms with van der Waals surface area (Å²) in [6.07, 6.45) is 2.38. The van der Waals surface area contributed by atoms with Crippen molar-refractivity contribution >= 4 is 27.8 Å². The number of carboxylic acid groups (broad SMARTS) is 1. The molecule has 0 fully saturated rings. The van der Waals surface area contributed by atoms with Gasteiger partial charge in [0.15, 0.2) is 0 Å². The van der Waals surface area contributed by atoms with E-state index >= 15 is 0 Å². The molecule has 0 aliphatic heterocycles. The third-order valence-corrected chi connectivity index (χ3v) is 3.25. The molecule has 0 saturated heterocycles. The van der Waals surface area contributed by atoms with Crippen LogP contribution in [-0.4, -0.2) is 23.0 Å². The Morgan fingerprint density at radius 3 is 2.75 bits per heavy atom. The Labute approximate surface area is 124 Å². The molecule has 1 rings (SSSR count). The van der Waals surface area contributed by atoms with Gasteiger partial charge in [-0.2, -0.15) is 0 Å². The van der Waals surface area contributed by atoms with Gasteiger partial charge in [-0.3, -0.25) is 4.79 Å². The summed E-state index contributed by atoms with van der Waals surface area (Å²) in [5.74, 6) is -1.91. The number of amides is 1. The molecule has 1 amide bonds. The molecule has 0 spiro atoms. The zero-order valence-corrected chi connectivity index (χ0v) is 12.3. The van der Waals surface area contributed by atoms with E-state index in [0.717, 1.165) is 0 Å². The van der Waals surface area contributed by atoms with E-state index in [1.807, 2.05) is 0 Å².